The van der Waals surface area contributed by atoms with E-state index in [4.69, 9.17) is 19.6 Å². The summed E-state index contributed by atoms with van der Waals surface area (Å²) in [6.45, 7) is 17.5. The van der Waals surface area contributed by atoms with Gasteiger partial charge in [0.05, 0.1) is 11.1 Å². The van der Waals surface area contributed by atoms with Gasteiger partial charge in [0.1, 0.15) is 45.5 Å². The predicted octanol–water partition coefficient (Wildman–Crippen LogP) is 7.99. The molecule has 4 aliphatic heterocycles. The summed E-state index contributed by atoms with van der Waals surface area (Å²) in [5.41, 5.74) is 2.73. The molecule has 0 radical (unpaired) electrons. The van der Waals surface area contributed by atoms with E-state index in [2.05, 4.69) is 45.4 Å². The topological polar surface area (TPSA) is 281 Å². The Morgan fingerprint density at radius 1 is 0.565 bits per heavy atom. The number of hydrogen-bond acceptors (Lipinski definition) is 17. The number of rotatable bonds is 10. The Hall–Kier alpha value is -8.48. The van der Waals surface area contributed by atoms with E-state index in [1.165, 1.54) is 12.3 Å². The van der Waals surface area contributed by atoms with E-state index >= 15 is 0 Å². The third kappa shape index (κ3) is 13.3. The lowest BCUT2D eigenvalue weighted by molar-refractivity contribution is -0.0980. The van der Waals surface area contributed by atoms with Crippen LogP contribution in [0.4, 0.5) is 33.1 Å². The SMILES string of the molecule is CC(C)(C)OC(=O)N1CC2(CNC2)C1.CN(C)C(=O)c1cc2cnc(Nc3ccc(C(=O)N4CC5(CN(C(=O)OC(C)(C)C)C5)C4)cn3)nc2n1C1CCCC1.CN(C)C(=O)c1cc2cnc(Nc3ccc(C(=O)O)cn3)nc2n1C1CCCC1. The molecule has 0 bridgehead atoms. The molecule has 25 heteroatoms. The maximum atomic E-state index is 13.0. The van der Waals surface area contributed by atoms with Gasteiger partial charge in [-0.15, -0.1) is 0 Å². The van der Waals surface area contributed by atoms with Crippen LogP contribution in [0.5, 0.6) is 0 Å². The van der Waals surface area contributed by atoms with Crippen molar-refractivity contribution in [2.24, 2.45) is 10.8 Å². The number of carboxylic acid groups (broad SMARTS) is 1. The predicted molar refractivity (Wildman–Crippen MR) is 317 cm³/mol. The molecular weight excluding hydrogens is 1090 g/mol. The Balaban J connectivity index is 0.000000160. The number of nitrogens with zero attached hydrogens (tertiary/aromatic N) is 13. The van der Waals surface area contributed by atoms with Crippen LogP contribution in [0.3, 0.4) is 0 Å². The Morgan fingerprint density at radius 2 is 0.965 bits per heavy atom. The van der Waals surface area contributed by atoms with E-state index in [9.17, 15) is 28.8 Å². The van der Waals surface area contributed by atoms with Gasteiger partial charge in [-0.2, -0.15) is 9.97 Å². The zero-order chi connectivity index (χ0) is 60.8. The molecule has 2 spiro atoms. The van der Waals surface area contributed by atoms with Gasteiger partial charge in [0, 0.05) is 139 Å². The molecular formula is C60H78N16O9. The van der Waals surface area contributed by atoms with Gasteiger partial charge in [-0.25, -0.2) is 34.3 Å². The van der Waals surface area contributed by atoms with E-state index in [1.807, 2.05) is 58.2 Å². The van der Waals surface area contributed by atoms with Crippen LogP contribution in [0.1, 0.15) is 147 Å². The van der Waals surface area contributed by atoms with Crippen molar-refractivity contribution in [1.82, 2.24) is 68.9 Å². The molecule has 5 amide bonds. The van der Waals surface area contributed by atoms with E-state index in [0.717, 1.165) is 94.0 Å². The lowest BCUT2D eigenvalue weighted by atomic mass is 9.73. The van der Waals surface area contributed by atoms with E-state index in [-0.39, 0.29) is 58.6 Å². The second kappa shape index (κ2) is 23.5. The molecule has 6 fully saturated rings. The van der Waals surface area contributed by atoms with Crippen molar-refractivity contribution in [3.8, 4) is 0 Å². The number of amides is 5. The van der Waals surface area contributed by atoms with Crippen LogP contribution >= 0.6 is 0 Å². The van der Waals surface area contributed by atoms with E-state index < -0.39 is 11.6 Å². The van der Waals surface area contributed by atoms with Gasteiger partial charge in [-0.3, -0.25) is 14.4 Å². The van der Waals surface area contributed by atoms with Crippen LogP contribution in [0.2, 0.25) is 0 Å². The summed E-state index contributed by atoms with van der Waals surface area (Å²) in [5, 5.41) is 20.0. The van der Waals surface area contributed by atoms with Crippen LogP contribution in [-0.2, 0) is 9.47 Å². The fourth-order valence-corrected chi connectivity index (χ4v) is 11.8. The second-order valence-corrected chi connectivity index (χ2v) is 25.9. The molecule has 6 aliphatic rings. The van der Waals surface area contributed by atoms with Crippen molar-refractivity contribution in [3.05, 3.63) is 83.7 Å². The van der Waals surface area contributed by atoms with Crippen LogP contribution in [0.15, 0.2) is 61.2 Å². The smallest absolute Gasteiger partial charge is 0.410 e. The van der Waals surface area contributed by atoms with Gasteiger partial charge in [0.15, 0.2) is 0 Å². The summed E-state index contributed by atoms with van der Waals surface area (Å²) in [7, 11) is 6.99. The van der Waals surface area contributed by atoms with Crippen LogP contribution in [-0.4, -0.2) is 196 Å². The van der Waals surface area contributed by atoms with Crippen LogP contribution in [0.25, 0.3) is 22.1 Å². The van der Waals surface area contributed by atoms with Crippen molar-refractivity contribution in [2.45, 2.75) is 116 Å². The highest BCUT2D eigenvalue weighted by Crippen LogP contribution is 2.42. The Kier molecular flexibility index (Phi) is 16.5. The van der Waals surface area contributed by atoms with Crippen LogP contribution in [0, 0.1) is 10.8 Å². The zero-order valence-electron chi connectivity index (χ0n) is 50.3. The van der Waals surface area contributed by atoms with Crippen molar-refractivity contribution in [3.63, 3.8) is 0 Å². The first-order valence-electron chi connectivity index (χ1n) is 29.1. The van der Waals surface area contributed by atoms with Crippen molar-refractivity contribution in [2.75, 3.05) is 91.2 Å². The average Bonchev–Trinajstić information content (AvgIpc) is 1.73. The molecule has 25 nitrogen and oxygen atoms in total. The maximum absolute atomic E-state index is 13.0. The molecule has 12 rings (SSSR count). The Morgan fingerprint density at radius 3 is 1.32 bits per heavy atom. The first-order valence-corrected chi connectivity index (χ1v) is 29.1. The average molecular weight is 1170 g/mol. The lowest BCUT2D eigenvalue weighted by Gasteiger charge is -2.59. The summed E-state index contributed by atoms with van der Waals surface area (Å²) in [5.74, 6) is 0.445. The molecule has 2 saturated carbocycles. The summed E-state index contributed by atoms with van der Waals surface area (Å²) in [6.07, 6.45) is 14.4. The third-order valence-corrected chi connectivity index (χ3v) is 16.0. The molecule has 0 atom stereocenters. The molecule has 2 aliphatic carbocycles. The monoisotopic (exact) mass is 1170 g/mol. The van der Waals surface area contributed by atoms with E-state index in [0.29, 0.717) is 77.7 Å². The molecule has 6 aromatic rings. The maximum Gasteiger partial charge on any atom is 0.410 e. The molecule has 10 heterocycles. The second-order valence-electron chi connectivity index (χ2n) is 25.9. The molecule has 6 aromatic heterocycles. The number of nitrogens with one attached hydrogen (secondary N) is 3. The molecule has 4 saturated heterocycles. The normalized spacial score (nSPS) is 17.8. The van der Waals surface area contributed by atoms with Crippen molar-refractivity contribution < 1.29 is 43.3 Å². The Bertz CT molecular complexity index is 3470. The standard InChI is InChI=1S/C30H38N8O4.C20H22N6O3.C10H18N2O2/c1-29(2,3)42-28(41)37-17-30(18-37)15-36(16-30)25(39)19-10-11-23(31-13-19)33-27-32-14-20-12-22(26(40)35(4)5)38(24(20)34-27)21-8-6-7-9-21;1-25(2)18(27)15-9-13-11-22-20(23-16-8-7-12(10-21-16)19(28)29)24-17(13)26(15)14-5-3-4-6-14;1-9(2,3)14-8(13)12-6-10(7-12)4-11-5-10/h10-14,21H,6-9,15-18H2,1-5H3,(H,31,32,33,34);7-11,14H,3-6H2,1-2H3,(H,28,29)(H,21,22,23,24);11H,4-7H2,1-3H3. The van der Waals surface area contributed by atoms with Crippen molar-refractivity contribution >= 4 is 81.5 Å². The fourth-order valence-electron chi connectivity index (χ4n) is 11.8. The van der Waals surface area contributed by atoms with Gasteiger partial charge in [-0.05, 0) is 104 Å². The minimum Gasteiger partial charge on any atom is -0.478 e. The fraction of sp³-hybridized carbons (Fsp3) is 0.533. The first-order chi connectivity index (χ1) is 40.2. The molecule has 4 N–H and O–H groups in total. The molecule has 0 aromatic carbocycles. The van der Waals surface area contributed by atoms with Gasteiger partial charge < -0.3 is 64.2 Å². The number of carbonyl (C=O) groups is 6. The minimum atomic E-state index is -1.03. The van der Waals surface area contributed by atoms with Gasteiger partial charge in [0.2, 0.25) is 11.9 Å². The number of aromatic carboxylic acids is 1. The number of fused-ring (bicyclic) bond motifs is 2. The van der Waals surface area contributed by atoms with Gasteiger partial charge in [-0.1, -0.05) is 25.7 Å². The highest BCUT2D eigenvalue weighted by molar-refractivity contribution is 5.99. The number of likely N-dealkylation sites (tertiary alicyclic amines) is 3. The number of pyridine rings is 2. The summed E-state index contributed by atoms with van der Waals surface area (Å²) < 4.78 is 14.8. The number of aromatic nitrogens is 8. The largest absolute Gasteiger partial charge is 0.478 e. The Labute approximate surface area is 493 Å². The van der Waals surface area contributed by atoms with Crippen LogP contribution < -0.4 is 16.0 Å². The molecule has 0 unspecified atom stereocenters. The quantitative estimate of drug-likeness (QED) is 0.101. The number of carbonyl (C=O) groups excluding carboxylic acids is 5. The van der Waals surface area contributed by atoms with Gasteiger partial charge in [0.25, 0.3) is 17.7 Å². The number of anilines is 4. The number of hydrogen-bond donors (Lipinski definition) is 4. The number of ether oxygens (including phenoxy) is 2. The third-order valence-electron chi connectivity index (χ3n) is 16.0. The highest BCUT2D eigenvalue weighted by atomic mass is 16.6. The molecule has 85 heavy (non-hydrogen) atoms. The molecule has 452 valence electrons. The van der Waals surface area contributed by atoms with E-state index in [1.54, 1.807) is 89.5 Å². The highest BCUT2D eigenvalue weighted by Gasteiger charge is 2.55. The summed E-state index contributed by atoms with van der Waals surface area (Å²) in [4.78, 5) is 109. The summed E-state index contributed by atoms with van der Waals surface area (Å²) >= 11 is 0. The van der Waals surface area contributed by atoms with Crippen molar-refractivity contribution in [1.29, 1.82) is 0 Å². The summed E-state index contributed by atoms with van der Waals surface area (Å²) in [6, 6.07) is 10.7. The first kappa shape index (κ1) is 59.7. The number of carboxylic acids is 1. The lowest BCUT2D eigenvalue weighted by Crippen LogP contribution is -2.73. The zero-order valence-corrected chi connectivity index (χ0v) is 50.3. The minimum absolute atomic E-state index is 0.0370. The van der Waals surface area contributed by atoms with Gasteiger partial charge >= 0.3 is 18.2 Å².